The van der Waals surface area contributed by atoms with Crippen LogP contribution in [0.2, 0.25) is 0 Å². The highest BCUT2D eigenvalue weighted by Gasteiger charge is 2.25. The second-order valence-corrected chi connectivity index (χ2v) is 6.94. The average molecular weight is 254 g/mol. The third-order valence-corrected chi connectivity index (χ3v) is 4.32. The number of carbonyl (C=O) groups is 1. The molecular weight excluding hydrogens is 224 g/mol. The normalized spacial score (nSPS) is 24.4. The van der Waals surface area contributed by atoms with Gasteiger partial charge in [0, 0.05) is 12.5 Å². The number of nitrogens with one attached hydrogen (secondary N) is 2. The molecule has 2 N–H and O–H groups in total. The van der Waals surface area contributed by atoms with Crippen molar-refractivity contribution in [2.75, 3.05) is 13.1 Å². The number of rotatable bonds is 4. The number of hydrogen-bond acceptors (Lipinski definition) is 2. The molecular formula is C15H30N2O. The molecule has 1 heterocycles. The van der Waals surface area contributed by atoms with Gasteiger partial charge in [0.15, 0.2) is 0 Å². The first-order valence-electron chi connectivity index (χ1n) is 7.30. The van der Waals surface area contributed by atoms with E-state index in [2.05, 4.69) is 45.3 Å². The van der Waals surface area contributed by atoms with Crippen LogP contribution in [0, 0.1) is 17.3 Å². The maximum atomic E-state index is 12.0. The molecule has 3 unspecified atom stereocenters. The van der Waals surface area contributed by atoms with Gasteiger partial charge in [0.25, 0.3) is 0 Å². The van der Waals surface area contributed by atoms with Crippen LogP contribution in [0.3, 0.4) is 0 Å². The fourth-order valence-electron chi connectivity index (χ4n) is 2.34. The van der Waals surface area contributed by atoms with Gasteiger partial charge in [0.2, 0.25) is 5.91 Å². The van der Waals surface area contributed by atoms with Crippen LogP contribution in [0.5, 0.6) is 0 Å². The molecule has 0 aromatic heterocycles. The van der Waals surface area contributed by atoms with Crippen molar-refractivity contribution in [3.8, 4) is 0 Å². The average Bonchev–Trinajstić information content (AvgIpc) is 2.28. The minimum atomic E-state index is 0.130. The topological polar surface area (TPSA) is 41.1 Å². The van der Waals surface area contributed by atoms with Gasteiger partial charge in [-0.2, -0.15) is 0 Å². The molecule has 1 rings (SSSR count). The molecule has 1 fully saturated rings. The highest BCUT2D eigenvalue weighted by molar-refractivity contribution is 5.76. The van der Waals surface area contributed by atoms with Crippen LogP contribution in [0.4, 0.5) is 0 Å². The maximum Gasteiger partial charge on any atom is 0.220 e. The van der Waals surface area contributed by atoms with E-state index in [1.54, 1.807) is 0 Å². The van der Waals surface area contributed by atoms with Crippen LogP contribution in [0.25, 0.3) is 0 Å². The van der Waals surface area contributed by atoms with E-state index >= 15 is 0 Å². The molecule has 0 radical (unpaired) electrons. The molecule has 1 aliphatic heterocycles. The van der Waals surface area contributed by atoms with E-state index in [4.69, 9.17) is 0 Å². The minimum Gasteiger partial charge on any atom is -0.353 e. The van der Waals surface area contributed by atoms with Gasteiger partial charge >= 0.3 is 0 Å². The Morgan fingerprint density at radius 2 is 2.06 bits per heavy atom. The second kappa shape index (κ2) is 6.55. The molecule has 0 aliphatic carbocycles. The quantitative estimate of drug-likeness (QED) is 0.809. The molecule has 3 atom stereocenters. The summed E-state index contributed by atoms with van der Waals surface area (Å²) in [5.41, 5.74) is 0.130. The molecule has 3 nitrogen and oxygen atoms in total. The van der Waals surface area contributed by atoms with Gasteiger partial charge in [-0.25, -0.2) is 0 Å². The standard InChI is InChI=1S/C15H30N2O/c1-11(13-7-6-8-16-10-13)9-14(18)17-12(2)15(3,4)5/h11-13,16H,6-10H2,1-5H3,(H,17,18). The van der Waals surface area contributed by atoms with E-state index in [9.17, 15) is 4.79 Å². The third kappa shape index (κ3) is 4.97. The van der Waals surface area contributed by atoms with Crippen LogP contribution in [-0.2, 0) is 4.79 Å². The zero-order chi connectivity index (χ0) is 13.8. The van der Waals surface area contributed by atoms with E-state index in [-0.39, 0.29) is 17.4 Å². The Hall–Kier alpha value is -0.570. The molecule has 1 saturated heterocycles. The van der Waals surface area contributed by atoms with Crippen molar-refractivity contribution in [1.29, 1.82) is 0 Å². The Labute approximate surface area is 112 Å². The lowest BCUT2D eigenvalue weighted by molar-refractivity contribution is -0.123. The van der Waals surface area contributed by atoms with Crippen molar-refractivity contribution in [2.45, 2.75) is 59.9 Å². The molecule has 1 aliphatic rings. The number of piperidine rings is 1. The largest absolute Gasteiger partial charge is 0.353 e. The summed E-state index contributed by atoms with van der Waals surface area (Å²) in [6.45, 7) is 13.0. The highest BCUT2D eigenvalue weighted by atomic mass is 16.1. The number of hydrogen-bond donors (Lipinski definition) is 2. The predicted molar refractivity (Wildman–Crippen MR) is 76.4 cm³/mol. The fourth-order valence-corrected chi connectivity index (χ4v) is 2.34. The lowest BCUT2D eigenvalue weighted by atomic mass is 9.84. The molecule has 18 heavy (non-hydrogen) atoms. The van der Waals surface area contributed by atoms with Gasteiger partial charge < -0.3 is 10.6 Å². The molecule has 0 aromatic rings. The van der Waals surface area contributed by atoms with Crippen molar-refractivity contribution < 1.29 is 4.79 Å². The molecule has 106 valence electrons. The maximum absolute atomic E-state index is 12.0. The SMILES string of the molecule is CC(CC(=O)NC(C)C(C)(C)C)C1CCCNC1. The van der Waals surface area contributed by atoms with Crippen molar-refractivity contribution in [2.24, 2.45) is 17.3 Å². The summed E-state index contributed by atoms with van der Waals surface area (Å²) >= 11 is 0. The Balaban J connectivity index is 2.35. The van der Waals surface area contributed by atoms with Crippen molar-refractivity contribution in [3.05, 3.63) is 0 Å². The van der Waals surface area contributed by atoms with Gasteiger partial charge in [0.1, 0.15) is 0 Å². The predicted octanol–water partition coefficient (Wildman–Crippen LogP) is 2.56. The first-order chi connectivity index (χ1) is 8.30. The van der Waals surface area contributed by atoms with Gasteiger partial charge in [-0.1, -0.05) is 27.7 Å². The van der Waals surface area contributed by atoms with Gasteiger partial charge in [-0.3, -0.25) is 4.79 Å². The molecule has 1 amide bonds. The fraction of sp³-hybridized carbons (Fsp3) is 0.933. The van der Waals surface area contributed by atoms with Crippen molar-refractivity contribution in [1.82, 2.24) is 10.6 Å². The Morgan fingerprint density at radius 3 is 2.56 bits per heavy atom. The molecule has 0 bridgehead atoms. The summed E-state index contributed by atoms with van der Waals surface area (Å²) in [5, 5.41) is 6.55. The van der Waals surface area contributed by atoms with E-state index in [1.165, 1.54) is 12.8 Å². The first-order valence-corrected chi connectivity index (χ1v) is 7.30. The third-order valence-electron chi connectivity index (χ3n) is 4.32. The number of carbonyl (C=O) groups excluding carboxylic acids is 1. The highest BCUT2D eigenvalue weighted by Crippen LogP contribution is 2.23. The summed E-state index contributed by atoms with van der Waals surface area (Å²) in [6, 6.07) is 0.224. The smallest absolute Gasteiger partial charge is 0.220 e. The first kappa shape index (κ1) is 15.5. The summed E-state index contributed by atoms with van der Waals surface area (Å²) in [5.74, 6) is 1.34. The van der Waals surface area contributed by atoms with Crippen LogP contribution in [0.15, 0.2) is 0 Å². The lowest BCUT2D eigenvalue weighted by Gasteiger charge is -2.31. The van der Waals surface area contributed by atoms with Crippen LogP contribution in [-0.4, -0.2) is 25.0 Å². The van der Waals surface area contributed by atoms with Crippen LogP contribution < -0.4 is 10.6 Å². The van der Waals surface area contributed by atoms with Gasteiger partial charge in [0.05, 0.1) is 0 Å². The summed E-state index contributed by atoms with van der Waals surface area (Å²) in [4.78, 5) is 12.0. The summed E-state index contributed by atoms with van der Waals surface area (Å²) < 4.78 is 0. The second-order valence-electron chi connectivity index (χ2n) is 6.94. The van der Waals surface area contributed by atoms with E-state index in [0.29, 0.717) is 18.3 Å². The van der Waals surface area contributed by atoms with E-state index in [1.807, 2.05) is 0 Å². The zero-order valence-corrected chi connectivity index (χ0v) is 12.7. The molecule has 0 aromatic carbocycles. The van der Waals surface area contributed by atoms with E-state index < -0.39 is 0 Å². The zero-order valence-electron chi connectivity index (χ0n) is 12.7. The summed E-state index contributed by atoms with van der Waals surface area (Å²) in [7, 11) is 0. The number of amides is 1. The summed E-state index contributed by atoms with van der Waals surface area (Å²) in [6.07, 6.45) is 3.16. The Kier molecular flexibility index (Phi) is 5.64. The minimum absolute atomic E-state index is 0.130. The van der Waals surface area contributed by atoms with Crippen LogP contribution in [0.1, 0.15) is 53.9 Å². The molecule has 3 heteroatoms. The monoisotopic (exact) mass is 254 g/mol. The Morgan fingerprint density at radius 1 is 1.39 bits per heavy atom. The molecule has 0 saturated carbocycles. The Bertz CT molecular complexity index is 264. The molecule has 0 spiro atoms. The lowest BCUT2D eigenvalue weighted by Crippen LogP contribution is -2.43. The van der Waals surface area contributed by atoms with Crippen molar-refractivity contribution in [3.63, 3.8) is 0 Å². The van der Waals surface area contributed by atoms with Crippen molar-refractivity contribution >= 4 is 5.91 Å². The van der Waals surface area contributed by atoms with E-state index in [0.717, 1.165) is 13.1 Å². The van der Waals surface area contributed by atoms with Gasteiger partial charge in [-0.15, -0.1) is 0 Å². The van der Waals surface area contributed by atoms with Crippen LogP contribution >= 0.6 is 0 Å². The van der Waals surface area contributed by atoms with Gasteiger partial charge in [-0.05, 0) is 50.1 Å².